The summed E-state index contributed by atoms with van der Waals surface area (Å²) in [4.78, 5) is 24.1. The van der Waals surface area contributed by atoms with Crippen molar-refractivity contribution in [3.63, 3.8) is 0 Å². The van der Waals surface area contributed by atoms with Gasteiger partial charge in [-0.1, -0.05) is 0 Å². The summed E-state index contributed by atoms with van der Waals surface area (Å²) in [5, 5.41) is 21.0. The summed E-state index contributed by atoms with van der Waals surface area (Å²) in [5.74, 6) is -1.64. The second-order valence-corrected chi connectivity index (χ2v) is 5.31. The number of benzene rings is 1. The van der Waals surface area contributed by atoms with Gasteiger partial charge in [0.05, 0.1) is 10.6 Å². The van der Waals surface area contributed by atoms with Crippen LogP contribution in [0, 0.1) is 5.82 Å². The molecule has 1 saturated heterocycles. The van der Waals surface area contributed by atoms with E-state index in [4.69, 9.17) is 5.11 Å². The van der Waals surface area contributed by atoms with Crippen LogP contribution in [-0.4, -0.2) is 45.8 Å². The van der Waals surface area contributed by atoms with Crippen LogP contribution in [0.4, 0.5) is 14.9 Å². The molecule has 2 amide bonds. The quantitative estimate of drug-likeness (QED) is 0.759. The van der Waals surface area contributed by atoms with Crippen LogP contribution >= 0.6 is 15.9 Å². The number of nitrogens with zero attached hydrogens (tertiary/aromatic N) is 1. The van der Waals surface area contributed by atoms with Gasteiger partial charge in [-0.2, -0.15) is 0 Å². The molecule has 1 aliphatic heterocycles. The van der Waals surface area contributed by atoms with Gasteiger partial charge in [0.25, 0.3) is 0 Å². The predicted octanol–water partition coefficient (Wildman–Crippen LogP) is 1.64. The molecule has 0 bridgehead atoms. The summed E-state index contributed by atoms with van der Waals surface area (Å²) in [6, 6.07) is 2.20. The van der Waals surface area contributed by atoms with Gasteiger partial charge >= 0.3 is 12.0 Å². The molecule has 2 atom stereocenters. The van der Waals surface area contributed by atoms with E-state index in [9.17, 15) is 19.1 Å². The number of aliphatic hydroxyl groups excluding tert-OH is 1. The Kier molecular flexibility index (Phi) is 4.24. The zero-order valence-corrected chi connectivity index (χ0v) is 11.8. The number of aliphatic hydroxyl groups is 1. The first-order valence-corrected chi connectivity index (χ1v) is 6.61. The van der Waals surface area contributed by atoms with Crippen LogP contribution in [0.25, 0.3) is 0 Å². The summed E-state index contributed by atoms with van der Waals surface area (Å²) in [6.45, 7) is -0.0504. The minimum absolute atomic E-state index is 0.00410. The zero-order chi connectivity index (χ0) is 14.9. The molecule has 1 unspecified atom stereocenters. The largest absolute Gasteiger partial charge is 0.480 e. The van der Waals surface area contributed by atoms with Crippen LogP contribution in [0.2, 0.25) is 0 Å². The Morgan fingerprint density at radius 3 is 2.75 bits per heavy atom. The number of aliphatic carboxylic acids is 1. The van der Waals surface area contributed by atoms with Crippen molar-refractivity contribution in [2.45, 2.75) is 18.6 Å². The predicted molar refractivity (Wildman–Crippen MR) is 71.9 cm³/mol. The third-order valence-corrected chi connectivity index (χ3v) is 3.60. The highest BCUT2D eigenvalue weighted by Crippen LogP contribution is 2.22. The van der Waals surface area contributed by atoms with E-state index in [1.54, 1.807) is 0 Å². The summed E-state index contributed by atoms with van der Waals surface area (Å²) < 4.78 is 13.3. The lowest BCUT2D eigenvalue weighted by Gasteiger charge is -2.21. The standard InChI is InChI=1S/C12H12BrFN2O4/c13-8-3-6(1-2-9(8)14)15-12(20)16-5-7(17)4-10(16)11(18)19/h1-3,7,10,17H,4-5H2,(H,15,20)(H,18,19)/t7?,10-/m0/s1. The van der Waals surface area contributed by atoms with E-state index in [-0.39, 0.29) is 17.4 Å². The number of rotatable bonds is 2. The minimum Gasteiger partial charge on any atom is -0.480 e. The Bertz CT molecular complexity index is 554. The van der Waals surface area contributed by atoms with Crippen molar-refractivity contribution in [3.05, 3.63) is 28.5 Å². The van der Waals surface area contributed by atoms with Crippen molar-refractivity contribution < 1.29 is 24.2 Å². The molecule has 0 saturated carbocycles. The smallest absolute Gasteiger partial charge is 0.326 e. The number of anilines is 1. The zero-order valence-electron chi connectivity index (χ0n) is 10.2. The number of carboxylic acids is 1. The monoisotopic (exact) mass is 346 g/mol. The van der Waals surface area contributed by atoms with Gasteiger partial charge in [-0.25, -0.2) is 14.0 Å². The van der Waals surface area contributed by atoms with Crippen molar-refractivity contribution in [3.8, 4) is 0 Å². The number of amides is 2. The van der Waals surface area contributed by atoms with E-state index in [1.807, 2.05) is 0 Å². The highest BCUT2D eigenvalue weighted by Gasteiger charge is 2.39. The van der Waals surface area contributed by atoms with Crippen LogP contribution in [0.1, 0.15) is 6.42 Å². The number of likely N-dealkylation sites (tertiary alicyclic amines) is 1. The van der Waals surface area contributed by atoms with Crippen LogP contribution in [0.5, 0.6) is 0 Å². The van der Waals surface area contributed by atoms with Gasteiger partial charge in [0.15, 0.2) is 0 Å². The number of halogens is 2. The lowest BCUT2D eigenvalue weighted by atomic mass is 10.2. The SMILES string of the molecule is O=C(O)[C@@H]1CC(O)CN1C(=O)Nc1ccc(F)c(Br)c1. The molecule has 0 spiro atoms. The van der Waals surface area contributed by atoms with Gasteiger partial charge in [-0.15, -0.1) is 0 Å². The van der Waals surface area contributed by atoms with Gasteiger partial charge in [0, 0.05) is 18.7 Å². The Labute approximate surface area is 122 Å². The highest BCUT2D eigenvalue weighted by atomic mass is 79.9. The molecular formula is C12H12BrFN2O4. The number of carbonyl (C=O) groups is 2. The van der Waals surface area contributed by atoms with Crippen LogP contribution < -0.4 is 5.32 Å². The van der Waals surface area contributed by atoms with Gasteiger partial charge in [-0.3, -0.25) is 0 Å². The fourth-order valence-electron chi connectivity index (χ4n) is 2.04. The summed E-state index contributed by atoms with van der Waals surface area (Å²) in [5.41, 5.74) is 0.328. The first kappa shape index (κ1) is 14.7. The maximum Gasteiger partial charge on any atom is 0.326 e. The normalized spacial score (nSPS) is 21.9. The minimum atomic E-state index is -1.17. The number of hydrogen-bond acceptors (Lipinski definition) is 3. The Hall–Kier alpha value is -1.67. The number of carbonyl (C=O) groups excluding carboxylic acids is 1. The van der Waals surface area contributed by atoms with E-state index < -0.39 is 30.0 Å². The number of urea groups is 1. The van der Waals surface area contributed by atoms with Crippen molar-refractivity contribution >= 4 is 33.6 Å². The molecule has 2 rings (SSSR count). The van der Waals surface area contributed by atoms with E-state index in [0.29, 0.717) is 5.69 Å². The second-order valence-electron chi connectivity index (χ2n) is 4.45. The molecule has 3 N–H and O–H groups in total. The maximum absolute atomic E-state index is 13.1. The lowest BCUT2D eigenvalue weighted by molar-refractivity contribution is -0.141. The third-order valence-electron chi connectivity index (χ3n) is 3.00. The number of β-amino-alcohol motifs (C(OH)–C–C–N with tert-alkyl or cyclic N) is 1. The molecule has 20 heavy (non-hydrogen) atoms. The summed E-state index contributed by atoms with van der Waals surface area (Å²) in [7, 11) is 0. The van der Waals surface area contributed by atoms with E-state index >= 15 is 0 Å². The van der Waals surface area contributed by atoms with Crippen molar-refractivity contribution in [2.24, 2.45) is 0 Å². The third kappa shape index (κ3) is 3.07. The Balaban J connectivity index is 2.11. The second kappa shape index (κ2) is 5.76. The molecule has 6 nitrogen and oxygen atoms in total. The molecule has 1 aromatic carbocycles. The van der Waals surface area contributed by atoms with Crippen molar-refractivity contribution in [1.82, 2.24) is 4.90 Å². The molecular weight excluding hydrogens is 335 g/mol. The summed E-state index contributed by atoms with van der Waals surface area (Å²) >= 11 is 2.99. The molecule has 1 aromatic rings. The van der Waals surface area contributed by atoms with E-state index in [0.717, 1.165) is 4.90 Å². The lowest BCUT2D eigenvalue weighted by Crippen LogP contribution is -2.43. The molecule has 0 aliphatic carbocycles. The summed E-state index contributed by atoms with van der Waals surface area (Å²) in [6.07, 6.45) is -0.864. The van der Waals surface area contributed by atoms with E-state index in [1.165, 1.54) is 18.2 Å². The van der Waals surface area contributed by atoms with Crippen LogP contribution in [0.15, 0.2) is 22.7 Å². The first-order valence-electron chi connectivity index (χ1n) is 5.82. The number of nitrogens with one attached hydrogen (secondary N) is 1. The number of carboxylic acid groups (broad SMARTS) is 1. The van der Waals surface area contributed by atoms with Gasteiger partial charge in [0.1, 0.15) is 11.9 Å². The fraction of sp³-hybridized carbons (Fsp3) is 0.333. The molecule has 1 heterocycles. The number of hydrogen-bond donors (Lipinski definition) is 3. The van der Waals surface area contributed by atoms with Crippen molar-refractivity contribution in [1.29, 1.82) is 0 Å². The Morgan fingerprint density at radius 2 is 2.15 bits per heavy atom. The topological polar surface area (TPSA) is 89.9 Å². The van der Waals surface area contributed by atoms with Crippen molar-refractivity contribution in [2.75, 3.05) is 11.9 Å². The molecule has 108 valence electrons. The average molecular weight is 347 g/mol. The molecule has 1 fully saturated rings. The van der Waals surface area contributed by atoms with Crippen LogP contribution in [-0.2, 0) is 4.79 Å². The van der Waals surface area contributed by atoms with Crippen LogP contribution in [0.3, 0.4) is 0 Å². The molecule has 0 radical (unpaired) electrons. The van der Waals surface area contributed by atoms with Gasteiger partial charge in [0.2, 0.25) is 0 Å². The first-order chi connectivity index (χ1) is 9.38. The molecule has 0 aromatic heterocycles. The average Bonchev–Trinajstić information content (AvgIpc) is 2.76. The fourth-order valence-corrected chi connectivity index (χ4v) is 2.42. The molecule has 8 heteroatoms. The van der Waals surface area contributed by atoms with Gasteiger partial charge in [-0.05, 0) is 34.1 Å². The maximum atomic E-state index is 13.1. The molecule has 1 aliphatic rings. The van der Waals surface area contributed by atoms with Gasteiger partial charge < -0.3 is 20.4 Å². The van der Waals surface area contributed by atoms with E-state index in [2.05, 4.69) is 21.2 Å². The Morgan fingerprint density at radius 1 is 1.45 bits per heavy atom. The highest BCUT2D eigenvalue weighted by molar-refractivity contribution is 9.10.